The van der Waals surface area contributed by atoms with E-state index in [4.69, 9.17) is 4.74 Å². The fraction of sp³-hybridized carbons (Fsp3) is 0.750. The van der Waals surface area contributed by atoms with Crippen molar-refractivity contribution in [3.05, 3.63) is 22.4 Å². The average Bonchev–Trinajstić information content (AvgIpc) is 3.21. The molecule has 3 rings (SSSR count). The van der Waals surface area contributed by atoms with E-state index in [-0.39, 0.29) is 11.9 Å². The van der Waals surface area contributed by atoms with E-state index in [9.17, 15) is 4.79 Å². The number of hydrogen-bond donors (Lipinski definition) is 0. The Morgan fingerprint density at radius 1 is 1.29 bits per heavy atom. The van der Waals surface area contributed by atoms with E-state index < -0.39 is 0 Å². The minimum Gasteiger partial charge on any atom is -0.469 e. The molecule has 3 nitrogen and oxygen atoms in total. The summed E-state index contributed by atoms with van der Waals surface area (Å²) >= 11 is 1.80. The number of rotatable bonds is 8. The zero-order valence-corrected chi connectivity index (χ0v) is 15.9. The van der Waals surface area contributed by atoms with Gasteiger partial charge in [-0.05, 0) is 43.7 Å². The second kappa shape index (κ2) is 8.48. The van der Waals surface area contributed by atoms with Crippen molar-refractivity contribution in [2.45, 2.75) is 76.3 Å². The Kier molecular flexibility index (Phi) is 6.34. The first-order chi connectivity index (χ1) is 11.8. The van der Waals surface area contributed by atoms with Crippen LogP contribution in [-0.2, 0) is 9.53 Å². The van der Waals surface area contributed by atoms with Gasteiger partial charge in [-0.3, -0.25) is 9.69 Å². The first kappa shape index (κ1) is 17.9. The third-order valence-electron chi connectivity index (χ3n) is 5.96. The van der Waals surface area contributed by atoms with Gasteiger partial charge in [0, 0.05) is 22.9 Å². The number of hydrogen-bond acceptors (Lipinski definition) is 4. The van der Waals surface area contributed by atoms with Gasteiger partial charge in [0.25, 0.3) is 0 Å². The summed E-state index contributed by atoms with van der Waals surface area (Å²) in [6.07, 6.45) is 10.1. The van der Waals surface area contributed by atoms with E-state index in [0.717, 1.165) is 6.42 Å². The van der Waals surface area contributed by atoms with Gasteiger partial charge in [-0.2, -0.15) is 0 Å². The number of piperidine rings is 1. The highest BCUT2D eigenvalue weighted by atomic mass is 32.1. The van der Waals surface area contributed by atoms with Crippen LogP contribution in [0.5, 0.6) is 0 Å². The Labute approximate surface area is 150 Å². The lowest BCUT2D eigenvalue weighted by Crippen LogP contribution is -2.49. The van der Waals surface area contributed by atoms with Crippen LogP contribution >= 0.6 is 11.3 Å². The van der Waals surface area contributed by atoms with Gasteiger partial charge >= 0.3 is 5.97 Å². The van der Waals surface area contributed by atoms with Gasteiger partial charge in [0.2, 0.25) is 0 Å². The lowest BCUT2D eigenvalue weighted by molar-refractivity contribution is -0.149. The molecular formula is C20H31NO2S. The zero-order chi connectivity index (χ0) is 16.9. The standard InChI is InChI=1S/C20H31NO2S/c1-3-4-5-6-7-12-21-15-10-11-17(21)19(18-9-8-13-24-18)16(14-15)20(22)23-2/h8-9,13,15-17,19H,3-7,10-12,14H2,1-2H3/t15-,16+,17-,19+/m1/s1. The maximum atomic E-state index is 12.4. The van der Waals surface area contributed by atoms with Crippen molar-refractivity contribution >= 4 is 17.3 Å². The van der Waals surface area contributed by atoms with E-state index in [1.807, 2.05) is 0 Å². The molecule has 0 radical (unpaired) electrons. The van der Waals surface area contributed by atoms with Crippen molar-refractivity contribution in [3.63, 3.8) is 0 Å². The van der Waals surface area contributed by atoms with Crippen LogP contribution in [0.3, 0.4) is 0 Å². The SMILES string of the molecule is CCCCCCCN1[C@@H]2CC[C@@H]1[C@@H](c1cccs1)[C@@H](C(=O)OC)C2. The molecule has 0 aliphatic carbocycles. The van der Waals surface area contributed by atoms with Gasteiger partial charge < -0.3 is 4.74 Å². The Morgan fingerprint density at radius 2 is 2.12 bits per heavy atom. The van der Waals surface area contributed by atoms with Crippen molar-refractivity contribution in [1.29, 1.82) is 0 Å². The molecule has 3 heterocycles. The molecule has 0 N–H and O–H groups in total. The third-order valence-corrected chi connectivity index (χ3v) is 6.93. The molecular weight excluding hydrogens is 318 g/mol. The van der Waals surface area contributed by atoms with Crippen LogP contribution in [0, 0.1) is 5.92 Å². The molecule has 2 fully saturated rings. The van der Waals surface area contributed by atoms with Gasteiger partial charge in [0.1, 0.15) is 0 Å². The first-order valence-electron chi connectivity index (χ1n) is 9.63. The number of thiophene rings is 1. The summed E-state index contributed by atoms with van der Waals surface area (Å²) in [6, 6.07) is 5.44. The summed E-state index contributed by atoms with van der Waals surface area (Å²) in [6.45, 7) is 3.47. The molecule has 0 unspecified atom stereocenters. The fourth-order valence-electron chi connectivity index (χ4n) is 4.82. The average molecular weight is 350 g/mol. The number of methoxy groups -OCH3 is 1. The van der Waals surface area contributed by atoms with Crippen LogP contribution in [0.2, 0.25) is 0 Å². The molecule has 2 saturated heterocycles. The Morgan fingerprint density at radius 3 is 2.83 bits per heavy atom. The van der Waals surface area contributed by atoms with Gasteiger partial charge in [-0.1, -0.05) is 38.7 Å². The molecule has 0 aromatic carbocycles. The lowest BCUT2D eigenvalue weighted by atomic mass is 9.79. The maximum absolute atomic E-state index is 12.4. The Balaban J connectivity index is 1.70. The fourth-order valence-corrected chi connectivity index (χ4v) is 5.77. The molecule has 1 aromatic heterocycles. The molecule has 0 saturated carbocycles. The van der Waals surface area contributed by atoms with Crippen molar-refractivity contribution in [1.82, 2.24) is 4.90 Å². The van der Waals surface area contributed by atoms with Crippen molar-refractivity contribution < 1.29 is 9.53 Å². The Bertz CT molecular complexity index is 516. The molecule has 2 bridgehead atoms. The van der Waals surface area contributed by atoms with Gasteiger partial charge in [-0.25, -0.2) is 0 Å². The molecule has 134 valence electrons. The monoisotopic (exact) mass is 349 g/mol. The molecule has 24 heavy (non-hydrogen) atoms. The minimum absolute atomic E-state index is 0.00658. The molecule has 0 amide bonds. The summed E-state index contributed by atoms with van der Waals surface area (Å²) in [7, 11) is 1.54. The van der Waals surface area contributed by atoms with Crippen LogP contribution in [0.25, 0.3) is 0 Å². The van der Waals surface area contributed by atoms with E-state index in [2.05, 4.69) is 29.3 Å². The van der Waals surface area contributed by atoms with E-state index in [0.29, 0.717) is 18.0 Å². The highest BCUT2D eigenvalue weighted by molar-refractivity contribution is 7.10. The van der Waals surface area contributed by atoms with E-state index in [1.165, 1.54) is 63.5 Å². The van der Waals surface area contributed by atoms with E-state index in [1.54, 1.807) is 11.3 Å². The third kappa shape index (κ3) is 3.70. The quantitative estimate of drug-likeness (QED) is 0.497. The number of unbranched alkanes of at least 4 members (excludes halogenated alkanes) is 4. The summed E-state index contributed by atoms with van der Waals surface area (Å²) in [5.74, 6) is 0.363. The zero-order valence-electron chi connectivity index (χ0n) is 15.1. The summed E-state index contributed by atoms with van der Waals surface area (Å²) in [5.41, 5.74) is 0. The van der Waals surface area contributed by atoms with Crippen LogP contribution in [0.4, 0.5) is 0 Å². The molecule has 4 heteroatoms. The second-order valence-corrected chi connectivity index (χ2v) is 8.34. The predicted octanol–water partition coefficient (Wildman–Crippen LogP) is 4.83. The highest BCUT2D eigenvalue weighted by Crippen LogP contribution is 2.48. The number of nitrogens with zero attached hydrogens (tertiary/aromatic N) is 1. The first-order valence-corrected chi connectivity index (χ1v) is 10.5. The van der Waals surface area contributed by atoms with E-state index >= 15 is 0 Å². The summed E-state index contributed by atoms with van der Waals surface area (Å²) in [5, 5.41) is 2.14. The largest absolute Gasteiger partial charge is 0.469 e. The number of carbonyl (C=O) groups excluding carboxylic acids is 1. The van der Waals surface area contributed by atoms with Gasteiger partial charge in [0.15, 0.2) is 0 Å². The minimum atomic E-state index is -0.00658. The second-order valence-electron chi connectivity index (χ2n) is 7.36. The maximum Gasteiger partial charge on any atom is 0.309 e. The molecule has 2 aliphatic heterocycles. The molecule has 0 spiro atoms. The molecule has 1 aromatic rings. The predicted molar refractivity (Wildman–Crippen MR) is 99.5 cm³/mol. The number of fused-ring (bicyclic) bond motifs is 2. The number of esters is 1. The van der Waals surface area contributed by atoms with Crippen LogP contribution in [0.1, 0.15) is 69.1 Å². The highest BCUT2D eigenvalue weighted by Gasteiger charge is 2.50. The smallest absolute Gasteiger partial charge is 0.309 e. The molecule has 2 aliphatic rings. The van der Waals surface area contributed by atoms with Gasteiger partial charge in [-0.15, -0.1) is 11.3 Å². The van der Waals surface area contributed by atoms with Crippen LogP contribution in [-0.4, -0.2) is 36.6 Å². The topological polar surface area (TPSA) is 29.5 Å². The summed E-state index contributed by atoms with van der Waals surface area (Å²) in [4.78, 5) is 16.5. The van der Waals surface area contributed by atoms with Crippen LogP contribution in [0.15, 0.2) is 17.5 Å². The van der Waals surface area contributed by atoms with Crippen molar-refractivity contribution in [2.75, 3.05) is 13.7 Å². The van der Waals surface area contributed by atoms with Crippen LogP contribution < -0.4 is 0 Å². The molecule has 4 atom stereocenters. The Hall–Kier alpha value is -0.870. The van der Waals surface area contributed by atoms with Crippen molar-refractivity contribution in [3.8, 4) is 0 Å². The summed E-state index contributed by atoms with van der Waals surface area (Å²) < 4.78 is 5.15. The van der Waals surface area contributed by atoms with Crippen molar-refractivity contribution in [2.24, 2.45) is 5.92 Å². The normalized spacial score (nSPS) is 29.8. The number of carbonyl (C=O) groups is 1. The number of ether oxygens (including phenoxy) is 1. The van der Waals surface area contributed by atoms with Gasteiger partial charge in [0.05, 0.1) is 13.0 Å². The lowest BCUT2D eigenvalue weighted by Gasteiger charge is -2.43.